The van der Waals surface area contributed by atoms with Gasteiger partial charge >= 0.3 is 5.97 Å². The Kier molecular flexibility index (Phi) is 4.14. The van der Waals surface area contributed by atoms with Crippen LogP contribution in [-0.4, -0.2) is 27.1 Å². The molecule has 1 atom stereocenters. The molecule has 11 heavy (non-hydrogen) atoms. The average molecular weight is 201 g/mol. The maximum absolute atomic E-state index is 10.5. The Morgan fingerprint density at radius 1 is 1.64 bits per heavy atom. The quantitative estimate of drug-likeness (QED) is 0.673. The van der Waals surface area contributed by atoms with Gasteiger partial charge in [-0.15, -0.1) is 0 Å². The van der Waals surface area contributed by atoms with E-state index >= 15 is 0 Å². The topological polar surface area (TPSA) is 57.5 Å². The standard InChI is InChI=1S/C6H10Cl2O3/c1-2-4(5(10)11)6(7,8)3-9/h4,9H,2-3H2,1H3,(H,10,11). The summed E-state index contributed by atoms with van der Waals surface area (Å²) in [4.78, 5) is 10.5. The molecule has 0 bridgehead atoms. The van der Waals surface area contributed by atoms with E-state index in [1.807, 2.05) is 0 Å². The molecule has 0 radical (unpaired) electrons. The first-order valence-electron chi connectivity index (χ1n) is 3.17. The summed E-state index contributed by atoms with van der Waals surface area (Å²) in [6.45, 7) is 1.09. The number of carboxylic acids is 1. The molecule has 0 saturated carbocycles. The Morgan fingerprint density at radius 3 is 2.18 bits per heavy atom. The third-order valence-electron chi connectivity index (χ3n) is 1.43. The largest absolute Gasteiger partial charge is 0.481 e. The number of hydrogen-bond donors (Lipinski definition) is 2. The Balaban J connectivity index is 4.36. The molecule has 0 aromatic heterocycles. The zero-order chi connectivity index (χ0) is 9.07. The van der Waals surface area contributed by atoms with Crippen LogP contribution in [0.5, 0.6) is 0 Å². The van der Waals surface area contributed by atoms with Crippen LogP contribution in [-0.2, 0) is 4.79 Å². The summed E-state index contributed by atoms with van der Waals surface area (Å²) in [7, 11) is 0. The third-order valence-corrected chi connectivity index (χ3v) is 2.19. The van der Waals surface area contributed by atoms with E-state index in [0.29, 0.717) is 6.42 Å². The van der Waals surface area contributed by atoms with Crippen molar-refractivity contribution in [3.63, 3.8) is 0 Å². The van der Waals surface area contributed by atoms with Crippen molar-refractivity contribution >= 4 is 29.2 Å². The van der Waals surface area contributed by atoms with Crippen molar-refractivity contribution in [3.05, 3.63) is 0 Å². The van der Waals surface area contributed by atoms with Crippen molar-refractivity contribution in [2.24, 2.45) is 5.92 Å². The molecule has 66 valence electrons. The minimum Gasteiger partial charge on any atom is -0.481 e. The second kappa shape index (κ2) is 4.14. The second-order valence-electron chi connectivity index (χ2n) is 2.22. The molecule has 2 N–H and O–H groups in total. The van der Waals surface area contributed by atoms with E-state index in [2.05, 4.69) is 0 Å². The molecule has 0 aromatic rings. The van der Waals surface area contributed by atoms with Gasteiger partial charge in [0.05, 0.1) is 12.5 Å². The first kappa shape index (κ1) is 11.0. The van der Waals surface area contributed by atoms with Gasteiger partial charge in [-0.1, -0.05) is 30.1 Å². The second-order valence-corrected chi connectivity index (χ2v) is 3.76. The highest BCUT2D eigenvalue weighted by Crippen LogP contribution is 2.32. The number of halogens is 2. The zero-order valence-electron chi connectivity index (χ0n) is 6.05. The van der Waals surface area contributed by atoms with Gasteiger partial charge in [0.1, 0.15) is 0 Å². The monoisotopic (exact) mass is 200 g/mol. The Labute approximate surface area is 74.9 Å². The molecule has 3 nitrogen and oxygen atoms in total. The van der Waals surface area contributed by atoms with Gasteiger partial charge in [0.2, 0.25) is 0 Å². The summed E-state index contributed by atoms with van der Waals surface area (Å²) < 4.78 is -1.57. The normalized spacial score (nSPS) is 14.5. The molecule has 0 aromatic carbocycles. The molecule has 0 spiro atoms. The number of hydrogen-bond acceptors (Lipinski definition) is 2. The van der Waals surface area contributed by atoms with Gasteiger partial charge in [-0.25, -0.2) is 0 Å². The van der Waals surface area contributed by atoms with Gasteiger partial charge in [0, 0.05) is 0 Å². The van der Waals surface area contributed by atoms with Gasteiger partial charge in [0.15, 0.2) is 4.33 Å². The molecular formula is C6H10Cl2O3. The van der Waals surface area contributed by atoms with Crippen LogP contribution in [0.25, 0.3) is 0 Å². The summed E-state index contributed by atoms with van der Waals surface area (Å²) in [6, 6.07) is 0. The molecule has 0 saturated heterocycles. The summed E-state index contributed by atoms with van der Waals surface area (Å²) in [5, 5.41) is 17.2. The van der Waals surface area contributed by atoms with E-state index in [-0.39, 0.29) is 0 Å². The number of rotatable bonds is 4. The van der Waals surface area contributed by atoms with Gasteiger partial charge in [-0.3, -0.25) is 4.79 Å². The van der Waals surface area contributed by atoms with E-state index in [0.717, 1.165) is 0 Å². The fourth-order valence-electron chi connectivity index (χ4n) is 0.764. The number of aliphatic hydroxyl groups is 1. The minimum atomic E-state index is -1.57. The lowest BCUT2D eigenvalue weighted by molar-refractivity contribution is -0.142. The predicted molar refractivity (Wildman–Crippen MR) is 42.9 cm³/mol. The summed E-state index contributed by atoms with van der Waals surface area (Å²) in [5.41, 5.74) is 0. The van der Waals surface area contributed by atoms with Crippen LogP contribution in [0, 0.1) is 5.92 Å². The van der Waals surface area contributed by atoms with Gasteiger partial charge in [0.25, 0.3) is 0 Å². The summed E-state index contributed by atoms with van der Waals surface area (Å²) in [5.74, 6) is -2.01. The highest BCUT2D eigenvalue weighted by atomic mass is 35.5. The SMILES string of the molecule is CCC(C(=O)O)C(Cl)(Cl)CO. The van der Waals surface area contributed by atoms with Crippen molar-refractivity contribution in [2.75, 3.05) is 6.61 Å². The van der Waals surface area contributed by atoms with Crippen LogP contribution >= 0.6 is 23.2 Å². The third kappa shape index (κ3) is 2.85. The average Bonchev–Trinajstić information content (AvgIpc) is 1.88. The molecule has 0 aliphatic heterocycles. The van der Waals surface area contributed by atoms with Gasteiger partial charge in [-0.05, 0) is 6.42 Å². The maximum atomic E-state index is 10.5. The molecule has 0 amide bonds. The first-order chi connectivity index (χ1) is 4.95. The Bertz CT molecular complexity index is 147. The van der Waals surface area contributed by atoms with Crippen molar-refractivity contribution in [1.82, 2.24) is 0 Å². The highest BCUT2D eigenvalue weighted by Gasteiger charge is 2.38. The lowest BCUT2D eigenvalue weighted by Crippen LogP contribution is -2.35. The lowest BCUT2D eigenvalue weighted by atomic mass is 10.0. The number of aliphatic carboxylic acids is 1. The molecule has 0 rings (SSSR count). The van der Waals surface area contributed by atoms with Crippen LogP contribution in [0.1, 0.15) is 13.3 Å². The Morgan fingerprint density at radius 2 is 2.09 bits per heavy atom. The van der Waals surface area contributed by atoms with Gasteiger partial charge in [-0.2, -0.15) is 0 Å². The van der Waals surface area contributed by atoms with Crippen molar-refractivity contribution in [2.45, 2.75) is 17.7 Å². The van der Waals surface area contributed by atoms with Crippen molar-refractivity contribution < 1.29 is 15.0 Å². The number of carbonyl (C=O) groups is 1. The van der Waals surface area contributed by atoms with E-state index in [4.69, 9.17) is 33.4 Å². The van der Waals surface area contributed by atoms with Crippen LogP contribution < -0.4 is 0 Å². The van der Waals surface area contributed by atoms with Crippen LogP contribution in [0.2, 0.25) is 0 Å². The fraction of sp³-hybridized carbons (Fsp3) is 0.833. The molecule has 0 fully saturated rings. The number of carboxylic acid groups (broad SMARTS) is 1. The smallest absolute Gasteiger partial charge is 0.309 e. The van der Waals surface area contributed by atoms with Gasteiger partial charge < -0.3 is 10.2 Å². The van der Waals surface area contributed by atoms with Crippen LogP contribution in [0.4, 0.5) is 0 Å². The maximum Gasteiger partial charge on any atom is 0.309 e. The lowest BCUT2D eigenvalue weighted by Gasteiger charge is -2.22. The van der Waals surface area contributed by atoms with Crippen molar-refractivity contribution in [3.8, 4) is 0 Å². The summed E-state index contributed by atoms with van der Waals surface area (Å²) >= 11 is 11.0. The molecule has 5 heteroatoms. The van der Waals surface area contributed by atoms with E-state index in [9.17, 15) is 4.79 Å². The molecule has 1 unspecified atom stereocenters. The van der Waals surface area contributed by atoms with Crippen LogP contribution in [0.3, 0.4) is 0 Å². The highest BCUT2D eigenvalue weighted by molar-refractivity contribution is 6.49. The van der Waals surface area contributed by atoms with Crippen molar-refractivity contribution in [1.29, 1.82) is 0 Å². The minimum absolute atomic E-state index is 0.295. The fourth-order valence-corrected chi connectivity index (χ4v) is 1.26. The number of alkyl halides is 2. The number of aliphatic hydroxyl groups excluding tert-OH is 1. The molecule has 0 heterocycles. The van der Waals surface area contributed by atoms with E-state index in [1.54, 1.807) is 6.92 Å². The molecule has 0 aliphatic rings. The summed E-state index contributed by atoms with van der Waals surface area (Å²) in [6.07, 6.45) is 0.295. The van der Waals surface area contributed by atoms with E-state index < -0.39 is 22.8 Å². The molecule has 0 aliphatic carbocycles. The molecular weight excluding hydrogens is 191 g/mol. The van der Waals surface area contributed by atoms with Crippen LogP contribution in [0.15, 0.2) is 0 Å². The Hall–Kier alpha value is 0.01000. The predicted octanol–water partition coefficient (Wildman–Crippen LogP) is 1.26. The first-order valence-corrected chi connectivity index (χ1v) is 3.92. The zero-order valence-corrected chi connectivity index (χ0v) is 7.56. The van der Waals surface area contributed by atoms with E-state index in [1.165, 1.54) is 0 Å².